The third-order valence-electron chi connectivity index (χ3n) is 4.84. The van der Waals surface area contributed by atoms with Crippen molar-refractivity contribution in [2.75, 3.05) is 6.73 Å². The highest BCUT2D eigenvalue weighted by atomic mass is 19.4. The van der Waals surface area contributed by atoms with Gasteiger partial charge in [0, 0.05) is 25.3 Å². The van der Waals surface area contributed by atoms with Gasteiger partial charge in [0.05, 0.1) is 12.1 Å². The molecule has 1 heterocycles. The maximum absolute atomic E-state index is 12.9. The van der Waals surface area contributed by atoms with Crippen LogP contribution in [0.25, 0.3) is 0 Å². The number of ether oxygens (including phenoxy) is 1. The summed E-state index contributed by atoms with van der Waals surface area (Å²) in [6.45, 7) is 1.17. The summed E-state index contributed by atoms with van der Waals surface area (Å²) in [7, 11) is 0. The molecule has 1 unspecified atom stereocenters. The van der Waals surface area contributed by atoms with Crippen molar-refractivity contribution in [3.8, 4) is 5.75 Å². The molecule has 1 atom stereocenters. The number of halogens is 3. The first-order valence-corrected chi connectivity index (χ1v) is 7.80. The van der Waals surface area contributed by atoms with Crippen molar-refractivity contribution in [2.24, 2.45) is 5.41 Å². The predicted octanol–water partition coefficient (Wildman–Crippen LogP) is 2.69. The van der Waals surface area contributed by atoms with Crippen LogP contribution in [0.4, 0.5) is 13.2 Å². The molecule has 8 heteroatoms. The highest BCUT2D eigenvalue weighted by molar-refractivity contribution is 6.10. The van der Waals surface area contributed by atoms with E-state index in [1.165, 1.54) is 17.9 Å². The lowest BCUT2D eigenvalue weighted by atomic mass is 9.80. The Balaban J connectivity index is 1.88. The van der Waals surface area contributed by atoms with E-state index in [0.717, 1.165) is 12.1 Å². The van der Waals surface area contributed by atoms with Gasteiger partial charge in [-0.3, -0.25) is 14.4 Å². The fraction of sp³-hybridized carbons (Fsp3) is 0.471. The summed E-state index contributed by atoms with van der Waals surface area (Å²) in [5.41, 5.74) is -1.89. The number of amides is 1. The van der Waals surface area contributed by atoms with Crippen molar-refractivity contribution in [3.05, 3.63) is 29.3 Å². The number of alkyl halides is 3. The van der Waals surface area contributed by atoms with E-state index in [-0.39, 0.29) is 49.7 Å². The lowest BCUT2D eigenvalue weighted by molar-refractivity contribution is -0.144. The molecular weight excluding hydrogens is 339 g/mol. The molecule has 1 N–H and O–H groups in total. The molecule has 1 aliphatic carbocycles. The van der Waals surface area contributed by atoms with Gasteiger partial charge in [0.15, 0.2) is 12.1 Å². The molecule has 0 bridgehead atoms. The maximum atomic E-state index is 12.9. The van der Waals surface area contributed by atoms with Crippen LogP contribution < -0.4 is 4.74 Å². The minimum Gasteiger partial charge on any atom is -0.473 e. The van der Waals surface area contributed by atoms with E-state index >= 15 is 0 Å². The van der Waals surface area contributed by atoms with Gasteiger partial charge in [-0.25, -0.2) is 0 Å². The highest BCUT2D eigenvalue weighted by Crippen LogP contribution is 2.40. The Morgan fingerprint density at radius 3 is 2.64 bits per heavy atom. The van der Waals surface area contributed by atoms with Crippen LogP contribution in [0.1, 0.15) is 37.3 Å². The van der Waals surface area contributed by atoms with Crippen LogP contribution in [0, 0.1) is 5.41 Å². The third kappa shape index (κ3) is 3.01. The van der Waals surface area contributed by atoms with Crippen LogP contribution in [0.2, 0.25) is 0 Å². The average Bonchev–Trinajstić information content (AvgIpc) is 2.95. The topological polar surface area (TPSA) is 68.0 Å². The average molecular weight is 356 g/mol. The Labute approximate surface area is 141 Å². The fourth-order valence-electron chi connectivity index (χ4n) is 3.36. The minimum atomic E-state index is -4.49. The van der Waals surface area contributed by atoms with E-state index in [2.05, 4.69) is 0 Å². The van der Waals surface area contributed by atoms with Gasteiger partial charge in [-0.1, -0.05) is 0 Å². The lowest BCUT2D eigenvalue weighted by Gasteiger charge is -2.34. The lowest BCUT2D eigenvalue weighted by Crippen LogP contribution is -2.49. The van der Waals surface area contributed by atoms with Crippen molar-refractivity contribution < 1.29 is 32.3 Å². The number of rotatable bonds is 2. The summed E-state index contributed by atoms with van der Waals surface area (Å²) in [6, 6.07) is 3.12. The molecule has 0 saturated heterocycles. The number of carbonyl (C=O) groups is 2. The molecule has 1 saturated carbocycles. The van der Waals surface area contributed by atoms with E-state index in [1.807, 2.05) is 0 Å². The molecule has 1 aliphatic heterocycles. The number of hydrogen-bond acceptors (Lipinski definition) is 3. The maximum Gasteiger partial charge on any atom is 0.416 e. The largest absolute Gasteiger partial charge is 0.473 e. The molecule has 5 nitrogen and oxygen atoms in total. The molecule has 25 heavy (non-hydrogen) atoms. The molecule has 1 amide bonds. The number of hydrogen-bond donors (Lipinski definition) is 0. The molecule has 134 valence electrons. The Bertz CT molecular complexity index is 759. The van der Waals surface area contributed by atoms with Crippen molar-refractivity contribution in [3.63, 3.8) is 0 Å². The molecule has 3 rings (SSSR count). The molecule has 1 fully saturated rings. The van der Waals surface area contributed by atoms with Crippen LogP contribution in [-0.4, -0.2) is 33.9 Å². The fourth-order valence-corrected chi connectivity index (χ4v) is 3.36. The number of carbonyl (C=O) groups excluding carboxylic acids is 3. The molecule has 1 aromatic rings. The zero-order valence-electron chi connectivity index (χ0n) is 13.5. The van der Waals surface area contributed by atoms with Gasteiger partial charge in [-0.05, 0) is 24.6 Å². The van der Waals surface area contributed by atoms with Crippen molar-refractivity contribution in [1.29, 1.82) is 0 Å². The van der Waals surface area contributed by atoms with Crippen molar-refractivity contribution in [1.82, 2.24) is 4.90 Å². The van der Waals surface area contributed by atoms with E-state index in [9.17, 15) is 27.6 Å². The molecule has 0 aromatic heterocycles. The normalized spacial score (nSPS) is 23.2. The number of fused-ring (bicyclic) bond motifs is 1. The molecule has 0 radical (unpaired) electrons. The van der Waals surface area contributed by atoms with Crippen LogP contribution >= 0.6 is 0 Å². The first kappa shape index (κ1) is 17.4. The second-order valence-electron chi connectivity index (χ2n) is 6.48. The Kier molecular flexibility index (Phi) is 4.09. The summed E-state index contributed by atoms with van der Waals surface area (Å²) in [5.74, 6) is -0.489. The molecule has 2 aliphatic rings. The molecule has 0 spiro atoms. The van der Waals surface area contributed by atoms with E-state index in [0.29, 0.717) is 5.75 Å². The van der Waals surface area contributed by atoms with Gasteiger partial charge in [-0.2, -0.15) is 13.2 Å². The SMILES string of the molecule is CC(=[OH+])C1(C(=O)N2COc3ccc(C(F)(F)F)cc3C2)CCC(=O)C1. The van der Waals surface area contributed by atoms with Gasteiger partial charge in [0.25, 0.3) is 0 Å². The predicted molar refractivity (Wildman–Crippen MR) is 81.4 cm³/mol. The van der Waals surface area contributed by atoms with E-state index in [1.54, 1.807) is 0 Å². The van der Waals surface area contributed by atoms with E-state index < -0.39 is 23.1 Å². The smallest absolute Gasteiger partial charge is 0.416 e. The summed E-state index contributed by atoms with van der Waals surface area (Å²) in [6.07, 6.45) is -4.21. The number of Topliss-reactive ketones (excluding diaryl/α,β-unsaturated/α-hetero) is 1. The van der Waals surface area contributed by atoms with Crippen molar-refractivity contribution in [2.45, 2.75) is 38.9 Å². The van der Waals surface area contributed by atoms with Gasteiger partial charge >= 0.3 is 12.0 Å². The van der Waals surface area contributed by atoms with Crippen LogP contribution in [0.15, 0.2) is 18.2 Å². The zero-order chi connectivity index (χ0) is 18.4. The minimum absolute atomic E-state index is 0.0681. The Hall–Kier alpha value is -2.38. The Morgan fingerprint density at radius 1 is 1.36 bits per heavy atom. The first-order chi connectivity index (χ1) is 11.6. The number of benzene rings is 1. The standard InChI is InChI=1S/C17H16F3NO4/c1-10(22)16(5-4-13(23)7-16)15(24)21-8-11-6-12(17(18,19)20)2-3-14(11)25-9-21/h2-3,6H,4-5,7-9H2,1H3/p+1. The summed E-state index contributed by atoms with van der Waals surface area (Å²) in [5, 5.41) is 0. The number of ketones is 2. The first-order valence-electron chi connectivity index (χ1n) is 7.80. The summed E-state index contributed by atoms with van der Waals surface area (Å²) < 4.78 is 44.0. The summed E-state index contributed by atoms with van der Waals surface area (Å²) >= 11 is 0. The van der Waals surface area contributed by atoms with Gasteiger partial charge in [-0.15, -0.1) is 0 Å². The van der Waals surface area contributed by atoms with E-state index in [4.69, 9.17) is 4.74 Å². The van der Waals surface area contributed by atoms with Crippen LogP contribution in [-0.2, 0) is 22.3 Å². The quantitative estimate of drug-likeness (QED) is 0.604. The highest BCUT2D eigenvalue weighted by Gasteiger charge is 2.54. The Morgan fingerprint density at radius 2 is 2.08 bits per heavy atom. The second-order valence-corrected chi connectivity index (χ2v) is 6.48. The van der Waals surface area contributed by atoms with Crippen LogP contribution in [0.3, 0.4) is 0 Å². The zero-order valence-corrected chi connectivity index (χ0v) is 13.5. The molecule has 1 aromatic carbocycles. The van der Waals surface area contributed by atoms with Gasteiger partial charge < -0.3 is 9.64 Å². The number of nitrogens with zero attached hydrogens (tertiary/aromatic N) is 1. The van der Waals surface area contributed by atoms with Gasteiger partial charge in [0.1, 0.15) is 11.5 Å². The molecular formula is C17H17F3NO4+. The second kappa shape index (κ2) is 5.86. The van der Waals surface area contributed by atoms with Gasteiger partial charge in [0.2, 0.25) is 5.91 Å². The summed E-state index contributed by atoms with van der Waals surface area (Å²) in [4.78, 5) is 35.8. The third-order valence-corrected chi connectivity index (χ3v) is 4.84. The van der Waals surface area contributed by atoms with Crippen LogP contribution in [0.5, 0.6) is 5.75 Å². The van der Waals surface area contributed by atoms with Crippen molar-refractivity contribution >= 4 is 17.5 Å². The monoisotopic (exact) mass is 356 g/mol.